The third-order valence-electron chi connectivity index (χ3n) is 3.82. The van der Waals surface area contributed by atoms with Crippen molar-refractivity contribution < 1.29 is 0 Å². The zero-order valence-corrected chi connectivity index (χ0v) is 14.4. The lowest BCUT2D eigenvalue weighted by molar-refractivity contribution is 1.19. The molecule has 0 saturated heterocycles. The largest absolute Gasteiger partial charge is 0.265 e. The molecule has 5 nitrogen and oxygen atoms in total. The summed E-state index contributed by atoms with van der Waals surface area (Å²) in [5, 5.41) is 7.40. The maximum atomic E-state index is 4.38. The lowest BCUT2D eigenvalue weighted by Gasteiger charge is -2.05. The minimum atomic E-state index is 0.701. The lowest BCUT2D eigenvalue weighted by Crippen LogP contribution is -1.95. The Morgan fingerprint density at radius 3 is 2.64 bits per heavy atom. The molecule has 0 aliphatic heterocycles. The molecule has 0 amide bonds. The Bertz CT molecular complexity index is 1020. The number of hydrazone groups is 1. The van der Waals surface area contributed by atoms with Crippen molar-refractivity contribution in [3.8, 4) is 11.1 Å². The van der Waals surface area contributed by atoms with Gasteiger partial charge in [0.2, 0.25) is 0 Å². The van der Waals surface area contributed by atoms with Crippen molar-refractivity contribution in [3.05, 3.63) is 71.6 Å². The fourth-order valence-electron chi connectivity index (χ4n) is 2.52. The van der Waals surface area contributed by atoms with Crippen molar-refractivity contribution in [1.29, 1.82) is 0 Å². The number of hydrogen-bond donors (Lipinski definition) is 1. The molecule has 122 valence electrons. The molecular weight excluding hydrogens is 330 g/mol. The third kappa shape index (κ3) is 3.25. The summed E-state index contributed by atoms with van der Waals surface area (Å²) < 4.78 is 0. The summed E-state index contributed by atoms with van der Waals surface area (Å²) >= 11 is 1.61. The van der Waals surface area contributed by atoms with Crippen molar-refractivity contribution in [3.63, 3.8) is 0 Å². The Hall–Kier alpha value is -3.12. The normalized spacial score (nSPS) is 11.2. The topological polar surface area (TPSA) is 63.1 Å². The summed E-state index contributed by atoms with van der Waals surface area (Å²) in [4.78, 5) is 13.7. The van der Waals surface area contributed by atoms with Crippen LogP contribution in [0.1, 0.15) is 11.1 Å². The van der Waals surface area contributed by atoms with E-state index in [1.54, 1.807) is 36.3 Å². The maximum absolute atomic E-state index is 4.38. The van der Waals surface area contributed by atoms with E-state index in [0.717, 1.165) is 26.9 Å². The summed E-state index contributed by atoms with van der Waals surface area (Å²) in [5.41, 5.74) is 7.51. The van der Waals surface area contributed by atoms with Gasteiger partial charge in [-0.15, -0.1) is 11.3 Å². The highest BCUT2D eigenvalue weighted by atomic mass is 32.1. The third-order valence-corrected chi connectivity index (χ3v) is 4.71. The summed E-state index contributed by atoms with van der Waals surface area (Å²) in [6.07, 6.45) is 6.77. The fourth-order valence-corrected chi connectivity index (χ4v) is 3.44. The van der Waals surface area contributed by atoms with Gasteiger partial charge in [-0.25, -0.2) is 9.97 Å². The Morgan fingerprint density at radius 2 is 1.84 bits per heavy atom. The molecule has 0 aliphatic carbocycles. The van der Waals surface area contributed by atoms with Crippen molar-refractivity contribution in [1.82, 2.24) is 15.0 Å². The van der Waals surface area contributed by atoms with Gasteiger partial charge in [-0.05, 0) is 30.2 Å². The highest BCUT2D eigenvalue weighted by Gasteiger charge is 2.12. The fraction of sp³-hybridized carbons (Fsp3) is 0.0526. The molecule has 1 N–H and O–H groups in total. The van der Waals surface area contributed by atoms with Gasteiger partial charge in [0, 0.05) is 23.3 Å². The molecule has 4 aromatic rings. The molecule has 6 heteroatoms. The van der Waals surface area contributed by atoms with Crippen LogP contribution >= 0.6 is 11.3 Å². The van der Waals surface area contributed by atoms with Crippen LogP contribution in [0.3, 0.4) is 0 Å². The highest BCUT2D eigenvalue weighted by molar-refractivity contribution is 7.17. The average molecular weight is 345 g/mol. The Kier molecular flexibility index (Phi) is 4.18. The van der Waals surface area contributed by atoms with Crippen molar-refractivity contribution in [2.75, 3.05) is 5.43 Å². The molecule has 0 unspecified atom stereocenters. The van der Waals surface area contributed by atoms with Crippen LogP contribution in [-0.2, 0) is 0 Å². The van der Waals surface area contributed by atoms with E-state index in [9.17, 15) is 0 Å². The molecule has 0 radical (unpaired) electrons. The van der Waals surface area contributed by atoms with Crippen LogP contribution in [0.2, 0.25) is 0 Å². The minimum absolute atomic E-state index is 0.701. The summed E-state index contributed by atoms with van der Waals surface area (Å²) in [7, 11) is 0. The Morgan fingerprint density at radius 1 is 1.04 bits per heavy atom. The number of aromatic nitrogens is 3. The first-order valence-corrected chi connectivity index (χ1v) is 8.67. The van der Waals surface area contributed by atoms with Crippen molar-refractivity contribution in [2.45, 2.75) is 6.92 Å². The van der Waals surface area contributed by atoms with E-state index in [4.69, 9.17) is 0 Å². The Balaban J connectivity index is 1.70. The predicted octanol–water partition coefficient (Wildman–Crippen LogP) is 4.51. The molecular formula is C19H15N5S. The molecule has 0 spiro atoms. The number of thiophene rings is 1. The van der Waals surface area contributed by atoms with Gasteiger partial charge < -0.3 is 0 Å². The number of pyridine rings is 1. The first kappa shape index (κ1) is 15.4. The van der Waals surface area contributed by atoms with E-state index >= 15 is 0 Å². The molecule has 3 heterocycles. The number of rotatable bonds is 4. The van der Waals surface area contributed by atoms with Crippen LogP contribution < -0.4 is 5.43 Å². The molecule has 0 atom stereocenters. The Labute approximate surface area is 149 Å². The van der Waals surface area contributed by atoms with E-state index in [-0.39, 0.29) is 0 Å². The molecule has 0 aliphatic rings. The average Bonchev–Trinajstić information content (AvgIpc) is 3.08. The van der Waals surface area contributed by atoms with E-state index in [1.165, 1.54) is 5.56 Å². The van der Waals surface area contributed by atoms with Crippen LogP contribution in [0.4, 0.5) is 5.82 Å². The van der Waals surface area contributed by atoms with Crippen LogP contribution in [0.15, 0.2) is 65.6 Å². The van der Waals surface area contributed by atoms with Gasteiger partial charge in [0.25, 0.3) is 0 Å². The van der Waals surface area contributed by atoms with Crippen LogP contribution in [0.5, 0.6) is 0 Å². The SMILES string of the molecule is Cc1ccc(-c2csc3ncnc(N/N=C\c4ccncc4)c23)cc1. The molecule has 1 aromatic carbocycles. The second-order valence-electron chi connectivity index (χ2n) is 5.57. The van der Waals surface area contributed by atoms with Crippen molar-refractivity contribution in [2.24, 2.45) is 5.10 Å². The smallest absolute Gasteiger partial charge is 0.159 e. The van der Waals surface area contributed by atoms with E-state index in [0.29, 0.717) is 5.82 Å². The van der Waals surface area contributed by atoms with Crippen LogP contribution in [0, 0.1) is 6.92 Å². The molecule has 4 rings (SSSR count). The number of nitrogens with zero attached hydrogens (tertiary/aromatic N) is 4. The summed E-state index contributed by atoms with van der Waals surface area (Å²) in [6.45, 7) is 2.08. The number of anilines is 1. The first-order chi connectivity index (χ1) is 12.3. The molecule has 0 saturated carbocycles. The predicted molar refractivity (Wildman–Crippen MR) is 103 cm³/mol. The number of benzene rings is 1. The standard InChI is InChI=1S/C19H15N5S/c1-13-2-4-15(5-3-13)16-11-25-19-17(16)18(21-12-22-19)24-23-10-14-6-8-20-9-7-14/h2-12H,1H3,(H,21,22,24)/b23-10-. The van der Waals surface area contributed by atoms with Crippen LogP contribution in [-0.4, -0.2) is 21.2 Å². The summed E-state index contributed by atoms with van der Waals surface area (Å²) in [5.74, 6) is 0.701. The molecule has 0 bridgehead atoms. The zero-order valence-electron chi connectivity index (χ0n) is 13.5. The van der Waals surface area contributed by atoms with Gasteiger partial charge in [0.15, 0.2) is 5.82 Å². The first-order valence-electron chi connectivity index (χ1n) is 7.79. The summed E-state index contributed by atoms with van der Waals surface area (Å²) in [6, 6.07) is 12.2. The van der Waals surface area contributed by atoms with Gasteiger partial charge in [0.05, 0.1) is 11.6 Å². The maximum Gasteiger partial charge on any atom is 0.159 e. The monoisotopic (exact) mass is 345 g/mol. The quantitative estimate of drug-likeness (QED) is 0.437. The van der Waals surface area contributed by atoms with E-state index in [1.807, 2.05) is 12.1 Å². The highest BCUT2D eigenvalue weighted by Crippen LogP contribution is 2.36. The molecule has 3 aromatic heterocycles. The molecule has 0 fully saturated rings. The van der Waals surface area contributed by atoms with Gasteiger partial charge in [-0.1, -0.05) is 29.8 Å². The number of nitrogens with one attached hydrogen (secondary N) is 1. The van der Waals surface area contributed by atoms with Gasteiger partial charge in [0.1, 0.15) is 11.2 Å². The number of fused-ring (bicyclic) bond motifs is 1. The second kappa shape index (κ2) is 6.78. The van der Waals surface area contributed by atoms with Crippen molar-refractivity contribution >= 4 is 33.6 Å². The number of hydrogen-bond acceptors (Lipinski definition) is 6. The molecule has 25 heavy (non-hydrogen) atoms. The van der Waals surface area contributed by atoms with E-state index in [2.05, 4.69) is 62.0 Å². The number of aryl methyl sites for hydroxylation is 1. The van der Waals surface area contributed by atoms with Gasteiger partial charge in [-0.2, -0.15) is 5.10 Å². The van der Waals surface area contributed by atoms with Gasteiger partial charge >= 0.3 is 0 Å². The lowest BCUT2D eigenvalue weighted by atomic mass is 10.0. The zero-order chi connectivity index (χ0) is 17.1. The second-order valence-corrected chi connectivity index (χ2v) is 6.43. The minimum Gasteiger partial charge on any atom is -0.265 e. The van der Waals surface area contributed by atoms with Crippen LogP contribution in [0.25, 0.3) is 21.3 Å². The van der Waals surface area contributed by atoms with E-state index < -0.39 is 0 Å². The van der Waals surface area contributed by atoms with Gasteiger partial charge in [-0.3, -0.25) is 10.4 Å².